The zero-order valence-electron chi connectivity index (χ0n) is 7.37. The number of hydrogen-bond acceptors (Lipinski definition) is 3. The molecule has 4 heteroatoms. The van der Waals surface area contributed by atoms with Gasteiger partial charge in [-0.2, -0.15) is 9.89 Å². The average molecular weight is 186 g/mol. The third kappa shape index (κ3) is 0.970. The van der Waals surface area contributed by atoms with Crippen LogP contribution in [0.15, 0.2) is 42.9 Å². The summed E-state index contributed by atoms with van der Waals surface area (Å²) >= 11 is 0. The first kappa shape index (κ1) is 7.44. The minimum absolute atomic E-state index is 1.05. The van der Waals surface area contributed by atoms with E-state index in [-0.39, 0.29) is 0 Å². The zero-order chi connectivity index (χ0) is 9.38. The summed E-state index contributed by atoms with van der Waals surface area (Å²) in [5.41, 5.74) is 1.05. The van der Waals surface area contributed by atoms with Gasteiger partial charge < -0.3 is 4.74 Å². The van der Waals surface area contributed by atoms with Crippen molar-refractivity contribution in [2.75, 3.05) is 5.01 Å². The summed E-state index contributed by atoms with van der Waals surface area (Å²) in [5, 5.41) is 7.15. The quantitative estimate of drug-likeness (QED) is 0.677. The number of rotatable bonds is 1. The van der Waals surface area contributed by atoms with Gasteiger partial charge in [0.05, 0.1) is 17.9 Å². The lowest BCUT2D eigenvalue weighted by molar-refractivity contribution is 0.338. The van der Waals surface area contributed by atoms with Crippen molar-refractivity contribution in [2.24, 2.45) is 0 Å². The van der Waals surface area contributed by atoms with E-state index in [0.717, 1.165) is 10.9 Å². The first-order chi connectivity index (χ1) is 6.95. The fraction of sp³-hybridized carbons (Fsp3) is 0. The molecule has 0 saturated carbocycles. The molecule has 3 rings (SSSR count). The first-order valence-electron chi connectivity index (χ1n) is 4.32. The molecule has 1 radical (unpaired) electrons. The van der Waals surface area contributed by atoms with E-state index < -0.39 is 0 Å². The van der Waals surface area contributed by atoms with Gasteiger partial charge in [-0.15, -0.1) is 0 Å². The van der Waals surface area contributed by atoms with Crippen LogP contribution in [0.3, 0.4) is 0 Å². The van der Waals surface area contributed by atoms with Gasteiger partial charge in [0.15, 0.2) is 0 Å². The van der Waals surface area contributed by atoms with Crippen LogP contribution in [0.1, 0.15) is 0 Å². The van der Waals surface area contributed by atoms with Crippen molar-refractivity contribution in [3.05, 3.63) is 49.7 Å². The second kappa shape index (κ2) is 2.77. The molecule has 0 bridgehead atoms. The summed E-state index contributed by atoms with van der Waals surface area (Å²) in [5.74, 6) is 0. The molecule has 2 heterocycles. The standard InChI is InChI=1S/C10H8N3O/c1-2-4-10-9(3-1)7-11-13(10)12-5-6-14-8-12/h1-8H. The normalized spacial score (nSPS) is 15.0. The second-order valence-electron chi connectivity index (χ2n) is 3.00. The maximum absolute atomic E-state index is 4.99. The maximum atomic E-state index is 4.99. The first-order valence-corrected chi connectivity index (χ1v) is 4.32. The Morgan fingerprint density at radius 3 is 3.00 bits per heavy atom. The predicted octanol–water partition coefficient (Wildman–Crippen LogP) is 1.59. The third-order valence-corrected chi connectivity index (χ3v) is 2.14. The lowest BCUT2D eigenvalue weighted by atomic mass is 10.3. The Balaban J connectivity index is 2.16. The van der Waals surface area contributed by atoms with Crippen LogP contribution >= 0.6 is 0 Å². The Hall–Kier alpha value is -1.97. The van der Waals surface area contributed by atoms with Gasteiger partial charge in [0, 0.05) is 5.39 Å². The van der Waals surface area contributed by atoms with Crippen LogP contribution in [0.4, 0.5) is 0 Å². The Kier molecular flexibility index (Phi) is 1.47. The van der Waals surface area contributed by atoms with E-state index in [9.17, 15) is 0 Å². The van der Waals surface area contributed by atoms with Crippen molar-refractivity contribution < 1.29 is 4.74 Å². The van der Waals surface area contributed by atoms with Crippen molar-refractivity contribution in [3.63, 3.8) is 0 Å². The van der Waals surface area contributed by atoms with Crippen LogP contribution in [0.5, 0.6) is 0 Å². The number of ether oxygens (including phenoxy) is 1. The van der Waals surface area contributed by atoms with E-state index in [0.29, 0.717) is 0 Å². The molecular formula is C10H8N3O. The summed E-state index contributed by atoms with van der Waals surface area (Å²) in [6, 6.07) is 8.03. The van der Waals surface area contributed by atoms with Gasteiger partial charge in [-0.25, -0.2) is 5.01 Å². The molecule has 0 amide bonds. The van der Waals surface area contributed by atoms with Gasteiger partial charge in [-0.3, -0.25) is 0 Å². The monoisotopic (exact) mass is 186 g/mol. The van der Waals surface area contributed by atoms with Crippen LogP contribution in [-0.2, 0) is 4.74 Å². The minimum Gasteiger partial charge on any atom is -0.468 e. The molecule has 0 aliphatic carbocycles. The van der Waals surface area contributed by atoms with Gasteiger partial charge in [0.2, 0.25) is 6.73 Å². The summed E-state index contributed by atoms with van der Waals surface area (Å²) in [4.78, 5) is 1.78. The molecular weight excluding hydrogens is 178 g/mol. The van der Waals surface area contributed by atoms with Gasteiger partial charge in [0.1, 0.15) is 6.26 Å². The van der Waals surface area contributed by atoms with Crippen LogP contribution < -0.4 is 5.01 Å². The number of hydrogen-bond donors (Lipinski definition) is 0. The molecule has 0 saturated heterocycles. The average Bonchev–Trinajstić information content (AvgIpc) is 2.85. The minimum atomic E-state index is 1.05. The molecule has 14 heavy (non-hydrogen) atoms. The zero-order valence-corrected chi connectivity index (χ0v) is 7.37. The molecule has 0 spiro atoms. The molecule has 0 unspecified atom stereocenters. The van der Waals surface area contributed by atoms with E-state index >= 15 is 0 Å². The van der Waals surface area contributed by atoms with Gasteiger partial charge in [0.25, 0.3) is 0 Å². The van der Waals surface area contributed by atoms with Gasteiger partial charge in [-0.1, -0.05) is 18.2 Å². The number of nitrogens with zero attached hydrogens (tertiary/aromatic N) is 3. The molecule has 0 N–H and O–H groups in total. The Bertz CT molecular complexity index is 489. The molecule has 1 aromatic carbocycles. The van der Waals surface area contributed by atoms with Crippen molar-refractivity contribution in [3.8, 4) is 0 Å². The number of benzene rings is 1. The summed E-state index contributed by atoms with van der Waals surface area (Å²) in [6.07, 6.45) is 5.24. The van der Waals surface area contributed by atoms with Crippen molar-refractivity contribution in [1.82, 2.24) is 9.89 Å². The number of para-hydroxylation sites is 1. The van der Waals surface area contributed by atoms with Crippen molar-refractivity contribution in [1.29, 1.82) is 0 Å². The molecule has 0 fully saturated rings. The fourth-order valence-corrected chi connectivity index (χ4v) is 1.48. The second-order valence-corrected chi connectivity index (χ2v) is 3.00. The SMILES string of the molecule is [CH]1OC=CN1n1ncc2ccccc21. The van der Waals surface area contributed by atoms with Crippen molar-refractivity contribution in [2.45, 2.75) is 0 Å². The van der Waals surface area contributed by atoms with Gasteiger partial charge in [-0.05, 0) is 6.07 Å². The van der Waals surface area contributed by atoms with Crippen LogP contribution in [0.2, 0.25) is 0 Å². The summed E-state index contributed by atoms with van der Waals surface area (Å²) in [7, 11) is 0. The lowest BCUT2D eigenvalue weighted by Crippen LogP contribution is -2.24. The van der Waals surface area contributed by atoms with Gasteiger partial charge >= 0.3 is 0 Å². The molecule has 2 aromatic rings. The molecule has 1 aromatic heterocycles. The van der Waals surface area contributed by atoms with Crippen LogP contribution in [-0.4, -0.2) is 9.89 Å². The predicted molar refractivity (Wildman–Crippen MR) is 52.5 cm³/mol. The largest absolute Gasteiger partial charge is 0.468 e. The lowest BCUT2D eigenvalue weighted by Gasteiger charge is -2.12. The highest BCUT2D eigenvalue weighted by molar-refractivity contribution is 5.78. The topological polar surface area (TPSA) is 30.3 Å². The highest BCUT2D eigenvalue weighted by Gasteiger charge is 2.11. The molecule has 1 aliphatic heterocycles. The van der Waals surface area contributed by atoms with E-state index in [1.54, 1.807) is 29.0 Å². The van der Waals surface area contributed by atoms with E-state index in [4.69, 9.17) is 4.74 Å². The van der Waals surface area contributed by atoms with E-state index in [1.165, 1.54) is 0 Å². The Labute approximate surface area is 81.0 Å². The van der Waals surface area contributed by atoms with E-state index in [1.807, 2.05) is 30.5 Å². The molecule has 1 aliphatic rings. The Morgan fingerprint density at radius 2 is 2.14 bits per heavy atom. The smallest absolute Gasteiger partial charge is 0.247 e. The number of aromatic nitrogens is 2. The summed E-state index contributed by atoms with van der Waals surface area (Å²) < 4.78 is 4.99. The number of fused-ring (bicyclic) bond motifs is 1. The summed E-state index contributed by atoms with van der Waals surface area (Å²) in [6.45, 7) is 1.60. The van der Waals surface area contributed by atoms with E-state index in [2.05, 4.69) is 5.10 Å². The maximum Gasteiger partial charge on any atom is 0.247 e. The molecule has 0 atom stereocenters. The molecule has 69 valence electrons. The molecule has 4 nitrogen and oxygen atoms in total. The third-order valence-electron chi connectivity index (χ3n) is 2.14. The Morgan fingerprint density at radius 1 is 1.21 bits per heavy atom. The highest BCUT2D eigenvalue weighted by Crippen LogP contribution is 2.15. The highest BCUT2D eigenvalue weighted by atomic mass is 16.5. The van der Waals surface area contributed by atoms with Crippen LogP contribution in [0, 0.1) is 6.73 Å². The van der Waals surface area contributed by atoms with Crippen molar-refractivity contribution >= 4 is 10.9 Å². The van der Waals surface area contributed by atoms with Crippen LogP contribution in [0.25, 0.3) is 10.9 Å². The fourth-order valence-electron chi connectivity index (χ4n) is 1.48.